The number of rotatable bonds is 6. The van der Waals surface area contributed by atoms with Crippen molar-refractivity contribution in [2.24, 2.45) is 0 Å². The third-order valence-electron chi connectivity index (χ3n) is 3.79. The molecule has 138 valence electrons. The van der Waals surface area contributed by atoms with Gasteiger partial charge in [-0.05, 0) is 48.5 Å². The second-order valence-corrected chi connectivity index (χ2v) is 6.03. The van der Waals surface area contributed by atoms with Crippen molar-refractivity contribution in [3.8, 4) is 11.5 Å². The Hall–Kier alpha value is -3.25. The Kier molecular flexibility index (Phi) is 5.78. The second-order valence-electron chi connectivity index (χ2n) is 5.62. The molecule has 3 rings (SSSR count). The molecule has 0 atom stereocenters. The number of carbonyl (C=O) groups is 1. The highest BCUT2D eigenvalue weighted by Gasteiger charge is 2.09. The lowest BCUT2D eigenvalue weighted by Crippen LogP contribution is -2.12. The first-order valence-electron chi connectivity index (χ1n) is 8.10. The molecule has 7 heteroatoms. The number of nitrogens with one attached hydrogen (secondary N) is 2. The molecular formula is C20H18ClN3O3. The van der Waals surface area contributed by atoms with Gasteiger partial charge in [0.15, 0.2) is 0 Å². The number of ether oxygens (including phenoxy) is 2. The molecule has 0 spiro atoms. The van der Waals surface area contributed by atoms with Gasteiger partial charge in [0.25, 0.3) is 5.91 Å². The maximum absolute atomic E-state index is 12.5. The average Bonchev–Trinajstić information content (AvgIpc) is 2.69. The van der Waals surface area contributed by atoms with E-state index < -0.39 is 0 Å². The third kappa shape index (κ3) is 4.68. The van der Waals surface area contributed by atoms with Crippen LogP contribution in [0.3, 0.4) is 0 Å². The van der Waals surface area contributed by atoms with Gasteiger partial charge >= 0.3 is 0 Å². The number of halogens is 1. The Morgan fingerprint density at radius 2 is 1.67 bits per heavy atom. The molecule has 0 saturated heterocycles. The molecule has 0 saturated carbocycles. The van der Waals surface area contributed by atoms with Crippen LogP contribution < -0.4 is 20.1 Å². The number of aromatic nitrogens is 1. The highest BCUT2D eigenvalue weighted by atomic mass is 35.5. The normalized spacial score (nSPS) is 10.2. The first-order chi connectivity index (χ1) is 13.1. The van der Waals surface area contributed by atoms with E-state index in [-0.39, 0.29) is 5.91 Å². The van der Waals surface area contributed by atoms with Gasteiger partial charge in [-0.2, -0.15) is 0 Å². The monoisotopic (exact) mass is 383 g/mol. The number of carbonyl (C=O) groups excluding carboxylic acids is 1. The minimum absolute atomic E-state index is 0.260. The van der Waals surface area contributed by atoms with Gasteiger partial charge in [0.05, 0.1) is 36.7 Å². The minimum Gasteiger partial charge on any atom is -0.497 e. The Bertz CT molecular complexity index is 945. The van der Waals surface area contributed by atoms with Gasteiger partial charge in [0.1, 0.15) is 11.5 Å². The zero-order valence-electron chi connectivity index (χ0n) is 14.8. The fourth-order valence-electron chi connectivity index (χ4n) is 2.42. The van der Waals surface area contributed by atoms with Gasteiger partial charge in [-0.25, -0.2) is 0 Å². The molecule has 0 aliphatic heterocycles. The van der Waals surface area contributed by atoms with E-state index in [4.69, 9.17) is 21.1 Å². The van der Waals surface area contributed by atoms with E-state index in [1.165, 1.54) is 6.20 Å². The van der Waals surface area contributed by atoms with E-state index in [1.807, 2.05) is 6.07 Å². The molecule has 0 aliphatic carbocycles. The number of pyridine rings is 1. The van der Waals surface area contributed by atoms with Gasteiger partial charge < -0.3 is 20.1 Å². The van der Waals surface area contributed by atoms with E-state index in [2.05, 4.69) is 15.6 Å². The molecule has 1 amide bonds. The lowest BCUT2D eigenvalue weighted by atomic mass is 10.2. The molecule has 2 aromatic carbocycles. The number of nitrogens with zero attached hydrogens (tertiary/aromatic N) is 1. The number of benzene rings is 2. The summed E-state index contributed by atoms with van der Waals surface area (Å²) in [4.78, 5) is 16.6. The van der Waals surface area contributed by atoms with Gasteiger partial charge in [0.2, 0.25) is 0 Å². The first kappa shape index (κ1) is 18.5. The van der Waals surface area contributed by atoms with Crippen molar-refractivity contribution in [3.63, 3.8) is 0 Å². The summed E-state index contributed by atoms with van der Waals surface area (Å²) in [6, 6.07) is 14.1. The maximum Gasteiger partial charge on any atom is 0.257 e. The minimum atomic E-state index is -0.260. The highest BCUT2D eigenvalue weighted by Crippen LogP contribution is 2.29. The lowest BCUT2D eigenvalue weighted by molar-refractivity contribution is 0.102. The average molecular weight is 384 g/mol. The summed E-state index contributed by atoms with van der Waals surface area (Å²) < 4.78 is 10.2. The summed E-state index contributed by atoms with van der Waals surface area (Å²) in [5.74, 6) is 1.05. The van der Waals surface area contributed by atoms with Crippen molar-refractivity contribution in [2.75, 3.05) is 24.9 Å². The van der Waals surface area contributed by atoms with Gasteiger partial charge in [-0.1, -0.05) is 11.6 Å². The van der Waals surface area contributed by atoms with Crippen molar-refractivity contribution in [3.05, 3.63) is 71.5 Å². The summed E-state index contributed by atoms with van der Waals surface area (Å²) in [5, 5.41) is 6.49. The summed E-state index contributed by atoms with van der Waals surface area (Å²) in [5.41, 5.74) is 2.52. The fraction of sp³-hybridized carbons (Fsp3) is 0.100. The fourth-order valence-corrected chi connectivity index (χ4v) is 2.68. The standard InChI is InChI=1S/C20H18ClN3O3/c1-26-17-6-3-14(4-7-17)24-20(25)13-9-16(12-22-11-13)23-15-5-8-19(27-2)18(21)10-15/h3-12,23H,1-2H3,(H,24,25). The summed E-state index contributed by atoms with van der Waals surface area (Å²) in [7, 11) is 3.15. The van der Waals surface area contributed by atoms with Crippen LogP contribution in [-0.4, -0.2) is 25.1 Å². The van der Waals surface area contributed by atoms with Crippen LogP contribution in [0, 0.1) is 0 Å². The number of amides is 1. The molecule has 0 radical (unpaired) electrons. The molecule has 2 N–H and O–H groups in total. The van der Waals surface area contributed by atoms with Crippen molar-refractivity contribution >= 4 is 34.6 Å². The molecule has 6 nitrogen and oxygen atoms in total. The van der Waals surface area contributed by atoms with Gasteiger partial charge in [-0.3, -0.25) is 9.78 Å². The Balaban J connectivity index is 1.72. The zero-order valence-corrected chi connectivity index (χ0v) is 15.6. The number of hydrogen-bond donors (Lipinski definition) is 2. The van der Waals surface area contributed by atoms with E-state index >= 15 is 0 Å². The van der Waals surface area contributed by atoms with Crippen molar-refractivity contribution in [1.82, 2.24) is 4.98 Å². The van der Waals surface area contributed by atoms with Crippen LogP contribution in [0.4, 0.5) is 17.1 Å². The van der Waals surface area contributed by atoms with Crippen LogP contribution in [0.15, 0.2) is 60.9 Å². The molecule has 0 aliphatic rings. The SMILES string of the molecule is COc1ccc(NC(=O)c2cncc(Nc3ccc(OC)c(Cl)c3)c2)cc1. The molecule has 0 unspecified atom stereocenters. The predicted molar refractivity (Wildman–Crippen MR) is 106 cm³/mol. The van der Waals surface area contributed by atoms with Crippen LogP contribution in [0.5, 0.6) is 11.5 Å². The van der Waals surface area contributed by atoms with Crippen LogP contribution >= 0.6 is 11.6 Å². The zero-order chi connectivity index (χ0) is 19.2. The Morgan fingerprint density at radius 3 is 2.33 bits per heavy atom. The molecule has 27 heavy (non-hydrogen) atoms. The molecule has 1 aromatic heterocycles. The summed E-state index contributed by atoms with van der Waals surface area (Å²) in [6.45, 7) is 0. The molecule has 1 heterocycles. The number of anilines is 3. The molecule has 3 aromatic rings. The van der Waals surface area contributed by atoms with Crippen molar-refractivity contribution in [1.29, 1.82) is 0 Å². The van der Waals surface area contributed by atoms with Crippen LogP contribution in [-0.2, 0) is 0 Å². The van der Waals surface area contributed by atoms with Crippen LogP contribution in [0.2, 0.25) is 5.02 Å². The quantitative estimate of drug-likeness (QED) is 0.642. The molecule has 0 bridgehead atoms. The van der Waals surface area contributed by atoms with E-state index in [1.54, 1.807) is 62.9 Å². The lowest BCUT2D eigenvalue weighted by Gasteiger charge is -2.10. The largest absolute Gasteiger partial charge is 0.497 e. The van der Waals surface area contributed by atoms with E-state index in [0.717, 1.165) is 11.4 Å². The van der Waals surface area contributed by atoms with Crippen molar-refractivity contribution in [2.45, 2.75) is 0 Å². The highest BCUT2D eigenvalue weighted by molar-refractivity contribution is 6.32. The number of methoxy groups -OCH3 is 2. The van der Waals surface area contributed by atoms with Gasteiger partial charge in [-0.15, -0.1) is 0 Å². The predicted octanol–water partition coefficient (Wildman–Crippen LogP) is 4.75. The number of hydrogen-bond acceptors (Lipinski definition) is 5. The van der Waals surface area contributed by atoms with Crippen LogP contribution in [0.25, 0.3) is 0 Å². The first-order valence-corrected chi connectivity index (χ1v) is 8.48. The Morgan fingerprint density at radius 1 is 0.926 bits per heavy atom. The molecule has 0 fully saturated rings. The third-order valence-corrected chi connectivity index (χ3v) is 4.08. The second kappa shape index (κ2) is 8.42. The smallest absolute Gasteiger partial charge is 0.257 e. The van der Waals surface area contributed by atoms with Crippen LogP contribution in [0.1, 0.15) is 10.4 Å². The Labute approximate surface area is 162 Å². The maximum atomic E-state index is 12.5. The van der Waals surface area contributed by atoms with Crippen molar-refractivity contribution < 1.29 is 14.3 Å². The van der Waals surface area contributed by atoms with Gasteiger partial charge in [0, 0.05) is 17.6 Å². The summed E-state index contributed by atoms with van der Waals surface area (Å²) in [6.07, 6.45) is 3.13. The molecular weight excluding hydrogens is 366 g/mol. The van der Waals surface area contributed by atoms with E-state index in [0.29, 0.717) is 27.7 Å². The topological polar surface area (TPSA) is 72.5 Å². The summed E-state index contributed by atoms with van der Waals surface area (Å²) >= 11 is 6.14. The van der Waals surface area contributed by atoms with E-state index in [9.17, 15) is 4.79 Å².